The van der Waals surface area contributed by atoms with Gasteiger partial charge in [0.2, 0.25) is 5.91 Å². The van der Waals surface area contributed by atoms with Crippen molar-refractivity contribution in [2.75, 3.05) is 31.5 Å². The highest BCUT2D eigenvalue weighted by Crippen LogP contribution is 2.30. The number of rotatable bonds is 4. The molecule has 0 spiro atoms. The third-order valence-corrected chi connectivity index (χ3v) is 3.82. The topological polar surface area (TPSA) is 44.4 Å². The maximum absolute atomic E-state index is 13.3. The van der Waals surface area contributed by atoms with Gasteiger partial charge in [-0.3, -0.25) is 4.79 Å². The third-order valence-electron chi connectivity index (χ3n) is 3.82. The summed E-state index contributed by atoms with van der Waals surface area (Å²) in [6.45, 7) is 3.97. The minimum atomic E-state index is -0.423. The molecule has 1 aromatic carbocycles. The van der Waals surface area contributed by atoms with Gasteiger partial charge in [-0.1, -0.05) is 0 Å². The van der Waals surface area contributed by atoms with Crippen molar-refractivity contribution in [2.45, 2.75) is 18.9 Å². The van der Waals surface area contributed by atoms with Crippen LogP contribution >= 0.6 is 0 Å². The van der Waals surface area contributed by atoms with Gasteiger partial charge in [0.05, 0.1) is 0 Å². The molecule has 1 fully saturated rings. The third kappa shape index (κ3) is 2.62. The molecule has 1 saturated heterocycles. The number of halogens is 1. The average Bonchev–Trinajstić information content (AvgIpc) is 2.99. The lowest BCUT2D eigenvalue weighted by Crippen LogP contribution is -2.34. The summed E-state index contributed by atoms with van der Waals surface area (Å²) in [7, 11) is 0. The Labute approximate surface area is 112 Å². The van der Waals surface area contributed by atoms with Gasteiger partial charge in [0.25, 0.3) is 0 Å². The summed E-state index contributed by atoms with van der Waals surface area (Å²) in [5.74, 6) is -0.399. The van der Waals surface area contributed by atoms with Crippen molar-refractivity contribution in [2.24, 2.45) is 0 Å². The molecule has 3 rings (SSSR count). The number of likely N-dealkylation sites (tertiary alicyclic amines) is 1. The molecule has 4 nitrogen and oxygen atoms in total. The molecule has 0 bridgehead atoms. The van der Waals surface area contributed by atoms with Crippen molar-refractivity contribution >= 4 is 11.6 Å². The Balaban J connectivity index is 1.61. The van der Waals surface area contributed by atoms with E-state index in [9.17, 15) is 9.18 Å². The van der Waals surface area contributed by atoms with Gasteiger partial charge in [0.15, 0.2) is 0 Å². The largest absolute Gasteiger partial charge is 0.324 e. The van der Waals surface area contributed by atoms with Crippen LogP contribution in [0.15, 0.2) is 18.2 Å². The van der Waals surface area contributed by atoms with Crippen molar-refractivity contribution in [3.05, 3.63) is 29.6 Å². The second-order valence-corrected chi connectivity index (χ2v) is 5.16. The number of fused-ring (bicyclic) bond motifs is 1. The van der Waals surface area contributed by atoms with Gasteiger partial charge < -0.3 is 15.5 Å². The zero-order valence-electron chi connectivity index (χ0n) is 10.8. The predicted octanol–water partition coefficient (Wildman–Crippen LogP) is 1.50. The number of hydrogen-bond acceptors (Lipinski definition) is 3. The monoisotopic (exact) mass is 263 g/mol. The molecule has 0 radical (unpaired) electrons. The molecular formula is C14H18FN3O. The maximum Gasteiger partial charge on any atom is 0.246 e. The number of nitrogens with one attached hydrogen (secondary N) is 2. The molecular weight excluding hydrogens is 245 g/mol. The SMILES string of the molecule is O=C1Nc2ccc(F)cc2C1NCCN1CCCC1. The van der Waals surface area contributed by atoms with Crippen molar-refractivity contribution in [1.29, 1.82) is 0 Å². The Kier molecular flexibility index (Phi) is 3.48. The van der Waals surface area contributed by atoms with Crippen molar-refractivity contribution in [3.63, 3.8) is 0 Å². The van der Waals surface area contributed by atoms with Crippen LogP contribution in [0.1, 0.15) is 24.4 Å². The highest BCUT2D eigenvalue weighted by atomic mass is 19.1. The molecule has 1 atom stereocenters. The molecule has 2 N–H and O–H groups in total. The van der Waals surface area contributed by atoms with Crippen LogP contribution in [-0.2, 0) is 4.79 Å². The van der Waals surface area contributed by atoms with Crippen LogP contribution in [0.3, 0.4) is 0 Å². The molecule has 19 heavy (non-hydrogen) atoms. The second kappa shape index (κ2) is 5.27. The molecule has 1 aromatic rings. The molecule has 2 aliphatic heterocycles. The van der Waals surface area contributed by atoms with Gasteiger partial charge >= 0.3 is 0 Å². The number of benzene rings is 1. The fraction of sp³-hybridized carbons (Fsp3) is 0.500. The summed E-state index contributed by atoms with van der Waals surface area (Å²) in [5, 5.41) is 5.99. The zero-order chi connectivity index (χ0) is 13.2. The molecule has 0 aromatic heterocycles. The van der Waals surface area contributed by atoms with E-state index < -0.39 is 6.04 Å². The molecule has 2 aliphatic rings. The van der Waals surface area contributed by atoms with Gasteiger partial charge in [-0.25, -0.2) is 4.39 Å². The highest BCUT2D eigenvalue weighted by Gasteiger charge is 2.30. The Morgan fingerprint density at radius 2 is 2.16 bits per heavy atom. The second-order valence-electron chi connectivity index (χ2n) is 5.16. The number of carbonyl (C=O) groups excluding carboxylic acids is 1. The zero-order valence-corrected chi connectivity index (χ0v) is 10.8. The van der Waals surface area contributed by atoms with Crippen LogP contribution in [0.4, 0.5) is 10.1 Å². The Hall–Kier alpha value is -1.46. The first-order chi connectivity index (χ1) is 9.24. The highest BCUT2D eigenvalue weighted by molar-refractivity contribution is 6.02. The quantitative estimate of drug-likeness (QED) is 0.865. The lowest BCUT2D eigenvalue weighted by molar-refractivity contribution is -0.117. The summed E-state index contributed by atoms with van der Waals surface area (Å²) >= 11 is 0. The van der Waals surface area contributed by atoms with E-state index in [1.807, 2.05) is 0 Å². The first kappa shape index (κ1) is 12.6. The summed E-state index contributed by atoms with van der Waals surface area (Å²) in [4.78, 5) is 14.2. The first-order valence-electron chi connectivity index (χ1n) is 6.80. The fourth-order valence-electron chi connectivity index (χ4n) is 2.81. The van der Waals surface area contributed by atoms with E-state index in [0.717, 1.165) is 26.2 Å². The Morgan fingerprint density at radius 3 is 2.95 bits per heavy atom. The Morgan fingerprint density at radius 1 is 1.37 bits per heavy atom. The van der Waals surface area contributed by atoms with Crippen molar-refractivity contribution in [1.82, 2.24) is 10.2 Å². The van der Waals surface area contributed by atoms with E-state index >= 15 is 0 Å². The molecule has 5 heteroatoms. The molecule has 102 valence electrons. The van der Waals surface area contributed by atoms with Gasteiger partial charge in [0.1, 0.15) is 11.9 Å². The van der Waals surface area contributed by atoms with Crippen LogP contribution in [0.25, 0.3) is 0 Å². The summed E-state index contributed by atoms with van der Waals surface area (Å²) in [6, 6.07) is 3.99. The lowest BCUT2D eigenvalue weighted by Gasteiger charge is -2.17. The van der Waals surface area contributed by atoms with E-state index in [1.54, 1.807) is 6.07 Å². The summed E-state index contributed by atoms with van der Waals surface area (Å²) in [6.07, 6.45) is 2.52. The lowest BCUT2D eigenvalue weighted by atomic mass is 10.1. The van der Waals surface area contributed by atoms with Crippen molar-refractivity contribution < 1.29 is 9.18 Å². The van der Waals surface area contributed by atoms with Gasteiger partial charge in [-0.05, 0) is 44.1 Å². The van der Waals surface area contributed by atoms with Gasteiger partial charge in [-0.15, -0.1) is 0 Å². The first-order valence-corrected chi connectivity index (χ1v) is 6.80. The number of carbonyl (C=O) groups is 1. The van der Waals surface area contributed by atoms with E-state index in [4.69, 9.17) is 0 Å². The number of anilines is 1. The van der Waals surface area contributed by atoms with Gasteiger partial charge in [0, 0.05) is 24.3 Å². The van der Waals surface area contributed by atoms with Crippen LogP contribution < -0.4 is 10.6 Å². The number of nitrogens with zero attached hydrogens (tertiary/aromatic N) is 1. The van der Waals surface area contributed by atoms with E-state index in [0.29, 0.717) is 11.3 Å². The minimum absolute atomic E-state index is 0.0954. The standard InChI is InChI=1S/C14H18FN3O/c15-10-3-4-12-11(9-10)13(14(19)17-12)16-5-8-18-6-1-2-7-18/h3-4,9,13,16H,1-2,5-8H2,(H,17,19). The number of amides is 1. The van der Waals surface area contributed by atoms with Gasteiger partial charge in [-0.2, -0.15) is 0 Å². The van der Waals surface area contributed by atoms with Crippen molar-refractivity contribution in [3.8, 4) is 0 Å². The molecule has 1 unspecified atom stereocenters. The smallest absolute Gasteiger partial charge is 0.246 e. The maximum atomic E-state index is 13.3. The predicted molar refractivity (Wildman–Crippen MR) is 71.4 cm³/mol. The minimum Gasteiger partial charge on any atom is -0.324 e. The van der Waals surface area contributed by atoms with Crippen LogP contribution in [-0.4, -0.2) is 37.0 Å². The summed E-state index contributed by atoms with van der Waals surface area (Å²) in [5.41, 5.74) is 1.43. The van der Waals surface area contributed by atoms with E-state index in [1.165, 1.54) is 25.0 Å². The fourth-order valence-corrected chi connectivity index (χ4v) is 2.81. The van der Waals surface area contributed by atoms with Crippen LogP contribution in [0.5, 0.6) is 0 Å². The molecule has 0 aliphatic carbocycles. The average molecular weight is 263 g/mol. The Bertz CT molecular complexity index is 486. The van der Waals surface area contributed by atoms with Crippen LogP contribution in [0.2, 0.25) is 0 Å². The molecule has 0 saturated carbocycles. The van der Waals surface area contributed by atoms with E-state index in [2.05, 4.69) is 15.5 Å². The normalized spacial score (nSPS) is 22.6. The van der Waals surface area contributed by atoms with Crippen LogP contribution in [0, 0.1) is 5.82 Å². The molecule has 1 amide bonds. The molecule has 2 heterocycles. The summed E-state index contributed by atoms with van der Waals surface area (Å²) < 4.78 is 13.3. The number of hydrogen-bond donors (Lipinski definition) is 2. The van der Waals surface area contributed by atoms with E-state index in [-0.39, 0.29) is 11.7 Å².